The van der Waals surface area contributed by atoms with Crippen LogP contribution < -0.4 is 0 Å². The molecule has 0 amide bonds. The lowest BCUT2D eigenvalue weighted by atomic mass is 10.2. The maximum absolute atomic E-state index is 13.8. The third-order valence-corrected chi connectivity index (χ3v) is 4.50. The van der Waals surface area contributed by atoms with E-state index >= 15 is 0 Å². The summed E-state index contributed by atoms with van der Waals surface area (Å²) in [6.07, 6.45) is 0. The fraction of sp³-hybridized carbons (Fsp3) is 0.250. The summed E-state index contributed by atoms with van der Waals surface area (Å²) in [5, 5.41) is 4.24. The van der Waals surface area contributed by atoms with Crippen molar-refractivity contribution in [2.24, 2.45) is 0 Å². The molecule has 2 rings (SSSR count). The highest BCUT2D eigenvalue weighted by atomic mass is 79.9. The van der Waals surface area contributed by atoms with Crippen LogP contribution in [0.4, 0.5) is 8.78 Å². The van der Waals surface area contributed by atoms with Crippen LogP contribution in [0.2, 0.25) is 0 Å². The number of nitrogens with zero attached hydrogens (tertiary/aromatic N) is 2. The number of aryl methyl sites for hydroxylation is 1. The first-order valence-corrected chi connectivity index (χ1v) is 6.82. The number of rotatable bonds is 2. The van der Waals surface area contributed by atoms with Crippen LogP contribution >= 0.6 is 31.9 Å². The zero-order chi connectivity index (χ0) is 13.4. The van der Waals surface area contributed by atoms with E-state index in [9.17, 15) is 8.78 Å². The van der Waals surface area contributed by atoms with Crippen LogP contribution in [0.15, 0.2) is 21.1 Å². The summed E-state index contributed by atoms with van der Waals surface area (Å²) in [4.78, 5) is 0. The lowest BCUT2D eigenvalue weighted by Gasteiger charge is -2.08. The van der Waals surface area contributed by atoms with Crippen LogP contribution in [-0.4, -0.2) is 9.78 Å². The highest BCUT2D eigenvalue weighted by molar-refractivity contribution is 9.10. The molecule has 0 saturated carbocycles. The van der Waals surface area contributed by atoms with E-state index in [4.69, 9.17) is 0 Å². The lowest BCUT2D eigenvalue weighted by Crippen LogP contribution is -2.08. The molecular weight excluding hydrogens is 370 g/mol. The van der Waals surface area contributed by atoms with Gasteiger partial charge in [-0.05, 0) is 57.8 Å². The monoisotopic (exact) mass is 378 g/mol. The molecule has 0 aliphatic rings. The van der Waals surface area contributed by atoms with Gasteiger partial charge in [0, 0.05) is 5.56 Å². The first-order valence-electron chi connectivity index (χ1n) is 5.23. The molecule has 0 aliphatic carbocycles. The minimum Gasteiger partial charge on any atom is -0.264 e. The highest BCUT2D eigenvalue weighted by Crippen LogP contribution is 2.25. The Morgan fingerprint density at radius 3 is 2.44 bits per heavy atom. The van der Waals surface area contributed by atoms with E-state index in [0.29, 0.717) is 0 Å². The Hall–Kier alpha value is -0.750. The number of halogens is 4. The van der Waals surface area contributed by atoms with Crippen molar-refractivity contribution in [2.45, 2.75) is 20.4 Å². The number of aromatic nitrogens is 2. The molecule has 0 fully saturated rings. The van der Waals surface area contributed by atoms with Gasteiger partial charge in [0.15, 0.2) is 0 Å². The third-order valence-electron chi connectivity index (χ3n) is 2.74. The molecular formula is C12H10Br2F2N2. The molecule has 0 N–H and O–H groups in total. The van der Waals surface area contributed by atoms with Crippen LogP contribution in [0.25, 0.3) is 0 Å². The molecule has 0 aliphatic heterocycles. The quantitative estimate of drug-likeness (QED) is 0.709. The Morgan fingerprint density at radius 2 is 1.89 bits per heavy atom. The van der Waals surface area contributed by atoms with Gasteiger partial charge < -0.3 is 0 Å². The van der Waals surface area contributed by atoms with Crippen molar-refractivity contribution in [1.82, 2.24) is 9.78 Å². The zero-order valence-electron chi connectivity index (χ0n) is 9.77. The molecule has 0 atom stereocenters. The van der Waals surface area contributed by atoms with Crippen molar-refractivity contribution < 1.29 is 8.78 Å². The van der Waals surface area contributed by atoms with Gasteiger partial charge in [0.2, 0.25) is 0 Å². The fourth-order valence-corrected chi connectivity index (χ4v) is 2.35. The van der Waals surface area contributed by atoms with Gasteiger partial charge in [0.05, 0.1) is 26.9 Å². The molecule has 18 heavy (non-hydrogen) atoms. The first kappa shape index (κ1) is 13.7. The smallest absolute Gasteiger partial charge is 0.145 e. The second-order valence-corrected chi connectivity index (χ2v) is 5.61. The highest BCUT2D eigenvalue weighted by Gasteiger charge is 2.16. The van der Waals surface area contributed by atoms with Gasteiger partial charge in [-0.1, -0.05) is 0 Å². The summed E-state index contributed by atoms with van der Waals surface area (Å²) in [7, 11) is 0. The van der Waals surface area contributed by atoms with Crippen molar-refractivity contribution in [3.05, 3.63) is 49.7 Å². The van der Waals surface area contributed by atoms with Crippen LogP contribution in [0.3, 0.4) is 0 Å². The second kappa shape index (κ2) is 5.09. The summed E-state index contributed by atoms with van der Waals surface area (Å²) in [6.45, 7) is 3.74. The summed E-state index contributed by atoms with van der Waals surface area (Å²) in [5.74, 6) is -1.15. The van der Waals surface area contributed by atoms with Crippen molar-refractivity contribution in [1.29, 1.82) is 0 Å². The Kier molecular flexibility index (Phi) is 3.87. The minimum atomic E-state index is -0.585. The van der Waals surface area contributed by atoms with E-state index < -0.39 is 11.6 Å². The molecule has 1 aromatic carbocycles. The Morgan fingerprint density at radius 1 is 1.22 bits per heavy atom. The SMILES string of the molecule is Cc1nn(Cc2c(F)ccc(Br)c2F)c(C)c1Br. The largest absolute Gasteiger partial charge is 0.264 e. The second-order valence-electron chi connectivity index (χ2n) is 3.96. The van der Waals surface area contributed by atoms with Gasteiger partial charge in [-0.15, -0.1) is 0 Å². The van der Waals surface area contributed by atoms with Crippen LogP contribution in [0.1, 0.15) is 17.0 Å². The van der Waals surface area contributed by atoms with Crippen molar-refractivity contribution in [2.75, 3.05) is 0 Å². The minimum absolute atomic E-state index is 0.00229. The molecule has 0 spiro atoms. The topological polar surface area (TPSA) is 17.8 Å². The molecule has 96 valence electrons. The number of benzene rings is 1. The Balaban J connectivity index is 2.46. The maximum atomic E-state index is 13.8. The predicted molar refractivity (Wildman–Crippen MR) is 72.6 cm³/mol. The fourth-order valence-electron chi connectivity index (χ4n) is 1.69. The van der Waals surface area contributed by atoms with E-state index in [-0.39, 0.29) is 16.6 Å². The number of hydrogen-bond acceptors (Lipinski definition) is 1. The van der Waals surface area contributed by atoms with Gasteiger partial charge in [0.1, 0.15) is 11.6 Å². The molecule has 6 heteroatoms. The van der Waals surface area contributed by atoms with Gasteiger partial charge in [-0.2, -0.15) is 5.10 Å². The molecule has 2 nitrogen and oxygen atoms in total. The summed E-state index contributed by atoms with van der Waals surface area (Å²) in [6, 6.07) is 2.59. The average molecular weight is 380 g/mol. The molecule has 1 aromatic heterocycles. The van der Waals surface area contributed by atoms with E-state index in [1.807, 2.05) is 13.8 Å². The molecule has 0 unspecified atom stereocenters. The third kappa shape index (κ3) is 2.36. The Labute approximate surface area is 120 Å². The number of hydrogen-bond donors (Lipinski definition) is 0. The normalized spacial score (nSPS) is 11.0. The van der Waals surface area contributed by atoms with Crippen molar-refractivity contribution >= 4 is 31.9 Å². The Bertz CT molecular complexity index is 609. The summed E-state index contributed by atoms with van der Waals surface area (Å²) in [5.41, 5.74) is 1.64. The first-order chi connectivity index (χ1) is 8.41. The van der Waals surface area contributed by atoms with Crippen molar-refractivity contribution in [3.63, 3.8) is 0 Å². The van der Waals surface area contributed by atoms with Gasteiger partial charge in [-0.25, -0.2) is 8.78 Å². The molecule has 0 radical (unpaired) electrons. The zero-order valence-corrected chi connectivity index (χ0v) is 12.9. The van der Waals surface area contributed by atoms with E-state index in [1.165, 1.54) is 12.1 Å². The van der Waals surface area contributed by atoms with E-state index in [2.05, 4.69) is 37.0 Å². The van der Waals surface area contributed by atoms with Crippen LogP contribution in [-0.2, 0) is 6.54 Å². The summed E-state index contributed by atoms with van der Waals surface area (Å²) < 4.78 is 30.2. The maximum Gasteiger partial charge on any atom is 0.145 e. The van der Waals surface area contributed by atoms with Gasteiger partial charge in [-0.3, -0.25) is 4.68 Å². The predicted octanol–water partition coefficient (Wildman–Crippen LogP) is 4.35. The molecule has 0 saturated heterocycles. The van der Waals surface area contributed by atoms with E-state index in [1.54, 1.807) is 4.68 Å². The van der Waals surface area contributed by atoms with E-state index in [0.717, 1.165) is 15.9 Å². The van der Waals surface area contributed by atoms with Gasteiger partial charge in [0.25, 0.3) is 0 Å². The lowest BCUT2D eigenvalue weighted by molar-refractivity contribution is 0.525. The molecule has 0 bridgehead atoms. The van der Waals surface area contributed by atoms with Crippen LogP contribution in [0, 0.1) is 25.5 Å². The average Bonchev–Trinajstić information content (AvgIpc) is 2.57. The molecule has 1 heterocycles. The van der Waals surface area contributed by atoms with Gasteiger partial charge >= 0.3 is 0 Å². The van der Waals surface area contributed by atoms with Crippen LogP contribution in [0.5, 0.6) is 0 Å². The van der Waals surface area contributed by atoms with Crippen molar-refractivity contribution in [3.8, 4) is 0 Å². The standard InChI is InChI=1S/C12H10Br2F2N2/c1-6-11(14)7(2)18(17-6)5-8-10(15)4-3-9(13)12(8)16/h3-4H,5H2,1-2H3. The summed E-state index contributed by atoms with van der Waals surface area (Å²) >= 11 is 6.44. The molecule has 2 aromatic rings.